The lowest BCUT2D eigenvalue weighted by Crippen LogP contribution is -2.44. The molecule has 4 amide bonds. The number of esters is 1. The van der Waals surface area contributed by atoms with E-state index in [0.717, 1.165) is 4.90 Å². The van der Waals surface area contributed by atoms with Crippen LogP contribution in [-0.4, -0.2) is 47.7 Å². The highest BCUT2D eigenvalue weighted by atomic mass is 16.5. The number of amides is 4. The normalized spacial score (nSPS) is 18.2. The molecule has 1 aliphatic heterocycles. The Balaban J connectivity index is 1.74. The molecule has 1 aliphatic rings. The minimum Gasteiger partial charge on any atom is -0.466 e. The van der Waals surface area contributed by atoms with E-state index in [-0.39, 0.29) is 18.9 Å². The van der Waals surface area contributed by atoms with Gasteiger partial charge in [-0.2, -0.15) is 0 Å². The SMILES string of the molecule is CCOC(=O)C[C@H](NC(=O)CN1C(=O)NC(C)(c2ccc(C(=N)N)cc2)C1=O)c1ccccc1. The first kappa shape index (κ1) is 24.4. The van der Waals surface area contributed by atoms with Gasteiger partial charge in [0.1, 0.15) is 17.9 Å². The Kier molecular flexibility index (Phi) is 7.30. The molecule has 178 valence electrons. The van der Waals surface area contributed by atoms with Crippen LogP contribution in [0.5, 0.6) is 0 Å². The predicted molar refractivity (Wildman–Crippen MR) is 124 cm³/mol. The molecule has 34 heavy (non-hydrogen) atoms. The van der Waals surface area contributed by atoms with Crippen LogP contribution in [0.3, 0.4) is 0 Å². The predicted octanol–water partition coefficient (Wildman–Crippen LogP) is 1.55. The van der Waals surface area contributed by atoms with E-state index >= 15 is 0 Å². The lowest BCUT2D eigenvalue weighted by Gasteiger charge is -2.23. The van der Waals surface area contributed by atoms with E-state index in [1.165, 1.54) is 0 Å². The molecule has 5 N–H and O–H groups in total. The number of nitrogens with zero attached hydrogens (tertiary/aromatic N) is 1. The van der Waals surface area contributed by atoms with Gasteiger partial charge in [-0.3, -0.25) is 24.7 Å². The largest absolute Gasteiger partial charge is 0.466 e. The van der Waals surface area contributed by atoms with E-state index < -0.39 is 41.9 Å². The summed E-state index contributed by atoms with van der Waals surface area (Å²) in [5, 5.41) is 12.8. The average molecular weight is 466 g/mol. The number of hydrogen-bond acceptors (Lipinski definition) is 6. The fourth-order valence-corrected chi connectivity index (χ4v) is 3.73. The Morgan fingerprint density at radius 2 is 1.79 bits per heavy atom. The van der Waals surface area contributed by atoms with Gasteiger partial charge in [-0.25, -0.2) is 4.79 Å². The van der Waals surface area contributed by atoms with E-state index in [1.807, 2.05) is 6.07 Å². The van der Waals surface area contributed by atoms with Crippen molar-refractivity contribution < 1.29 is 23.9 Å². The van der Waals surface area contributed by atoms with Crippen LogP contribution >= 0.6 is 0 Å². The summed E-state index contributed by atoms with van der Waals surface area (Å²) in [6.45, 7) is 2.93. The number of carbonyl (C=O) groups excluding carboxylic acids is 4. The Hall–Kier alpha value is -4.21. The molecule has 10 heteroatoms. The molecule has 2 atom stereocenters. The van der Waals surface area contributed by atoms with Crippen LogP contribution < -0.4 is 16.4 Å². The number of urea groups is 1. The van der Waals surface area contributed by atoms with Gasteiger partial charge in [-0.15, -0.1) is 0 Å². The molecular weight excluding hydrogens is 438 g/mol. The number of benzene rings is 2. The van der Waals surface area contributed by atoms with E-state index in [9.17, 15) is 19.2 Å². The van der Waals surface area contributed by atoms with Crippen LogP contribution in [0.1, 0.15) is 43.0 Å². The van der Waals surface area contributed by atoms with Gasteiger partial charge in [0.15, 0.2) is 0 Å². The molecule has 0 bridgehead atoms. The number of rotatable bonds is 9. The van der Waals surface area contributed by atoms with Crippen LogP contribution in [0.15, 0.2) is 54.6 Å². The summed E-state index contributed by atoms with van der Waals surface area (Å²) in [6.07, 6.45) is -0.0933. The third kappa shape index (κ3) is 5.22. The summed E-state index contributed by atoms with van der Waals surface area (Å²) in [7, 11) is 0. The van der Waals surface area contributed by atoms with E-state index in [2.05, 4.69) is 10.6 Å². The molecule has 1 saturated heterocycles. The first-order valence-corrected chi connectivity index (χ1v) is 10.7. The molecule has 1 heterocycles. The number of nitrogen functional groups attached to an aromatic ring is 1. The molecule has 0 spiro atoms. The number of nitrogens with one attached hydrogen (secondary N) is 3. The maximum Gasteiger partial charge on any atom is 0.325 e. The molecule has 1 fully saturated rings. The van der Waals surface area contributed by atoms with Crippen LogP contribution in [0.4, 0.5) is 4.79 Å². The summed E-state index contributed by atoms with van der Waals surface area (Å²) >= 11 is 0. The third-order valence-corrected chi connectivity index (χ3v) is 5.56. The van der Waals surface area contributed by atoms with Crippen molar-refractivity contribution >= 4 is 29.7 Å². The van der Waals surface area contributed by atoms with Gasteiger partial charge in [-0.1, -0.05) is 54.6 Å². The van der Waals surface area contributed by atoms with Crippen molar-refractivity contribution in [1.82, 2.24) is 15.5 Å². The van der Waals surface area contributed by atoms with Crippen LogP contribution in [0, 0.1) is 5.41 Å². The first-order valence-electron chi connectivity index (χ1n) is 10.7. The van der Waals surface area contributed by atoms with Gasteiger partial charge in [0.05, 0.1) is 19.1 Å². The average Bonchev–Trinajstić information content (AvgIpc) is 3.03. The maximum absolute atomic E-state index is 13.1. The van der Waals surface area contributed by atoms with Gasteiger partial charge in [0.25, 0.3) is 5.91 Å². The van der Waals surface area contributed by atoms with Gasteiger partial charge >= 0.3 is 12.0 Å². The van der Waals surface area contributed by atoms with E-state index in [0.29, 0.717) is 16.7 Å². The van der Waals surface area contributed by atoms with E-state index in [1.54, 1.807) is 62.4 Å². The van der Waals surface area contributed by atoms with Crippen molar-refractivity contribution in [2.75, 3.05) is 13.2 Å². The highest BCUT2D eigenvalue weighted by molar-refractivity contribution is 6.09. The van der Waals surface area contributed by atoms with Gasteiger partial charge < -0.3 is 21.1 Å². The number of nitrogens with two attached hydrogens (primary N) is 1. The van der Waals surface area contributed by atoms with Crippen LogP contribution in [0.25, 0.3) is 0 Å². The third-order valence-electron chi connectivity index (χ3n) is 5.56. The van der Waals surface area contributed by atoms with Crippen LogP contribution in [-0.2, 0) is 24.7 Å². The molecule has 3 rings (SSSR count). The highest BCUT2D eigenvalue weighted by Crippen LogP contribution is 2.29. The zero-order chi connectivity index (χ0) is 24.9. The quantitative estimate of drug-likeness (QED) is 0.191. The summed E-state index contributed by atoms with van der Waals surface area (Å²) in [5.41, 5.74) is 5.75. The summed E-state index contributed by atoms with van der Waals surface area (Å²) in [5.74, 6) is -1.79. The van der Waals surface area contributed by atoms with Crippen molar-refractivity contribution in [3.05, 3.63) is 71.3 Å². The van der Waals surface area contributed by atoms with Crippen molar-refractivity contribution in [1.29, 1.82) is 5.41 Å². The molecule has 0 saturated carbocycles. The van der Waals surface area contributed by atoms with Gasteiger partial charge in [-0.05, 0) is 25.0 Å². The second-order valence-electron chi connectivity index (χ2n) is 7.98. The number of imide groups is 1. The topological polar surface area (TPSA) is 155 Å². The zero-order valence-electron chi connectivity index (χ0n) is 19.0. The molecule has 1 unspecified atom stereocenters. The lowest BCUT2D eigenvalue weighted by atomic mass is 9.91. The summed E-state index contributed by atoms with van der Waals surface area (Å²) in [4.78, 5) is 51.4. The first-order chi connectivity index (χ1) is 16.2. The molecular formula is C24H27N5O5. The van der Waals surface area contributed by atoms with Gasteiger partial charge in [0.2, 0.25) is 5.91 Å². The standard InChI is InChI=1S/C24H27N5O5/c1-3-34-20(31)13-18(15-7-5-4-6-8-15)27-19(30)14-29-22(32)24(2,28-23(29)33)17-11-9-16(10-12-17)21(25)26/h4-12,18H,3,13-14H2,1-2H3,(H3,25,26)(H,27,30)(H,28,33)/t18-,24?/m0/s1. The van der Waals surface area contributed by atoms with Crippen LogP contribution in [0.2, 0.25) is 0 Å². The second kappa shape index (κ2) is 10.2. The molecule has 10 nitrogen and oxygen atoms in total. The molecule has 2 aromatic carbocycles. The number of amidine groups is 1. The minimum atomic E-state index is -1.38. The maximum atomic E-state index is 13.1. The smallest absolute Gasteiger partial charge is 0.325 e. The molecule has 0 aliphatic carbocycles. The Labute approximate surface area is 197 Å². The number of hydrogen-bond donors (Lipinski definition) is 4. The fraction of sp³-hybridized carbons (Fsp3) is 0.292. The zero-order valence-corrected chi connectivity index (χ0v) is 19.0. The highest BCUT2D eigenvalue weighted by Gasteiger charge is 2.49. The van der Waals surface area contributed by atoms with Crippen molar-refractivity contribution in [2.45, 2.75) is 31.8 Å². The lowest BCUT2D eigenvalue weighted by molar-refractivity contribution is -0.144. The summed E-state index contributed by atoms with van der Waals surface area (Å²) in [6, 6.07) is 13.9. The van der Waals surface area contributed by atoms with Crippen molar-refractivity contribution in [3.8, 4) is 0 Å². The van der Waals surface area contributed by atoms with Crippen molar-refractivity contribution in [3.63, 3.8) is 0 Å². The summed E-state index contributed by atoms with van der Waals surface area (Å²) < 4.78 is 5.00. The monoisotopic (exact) mass is 465 g/mol. The fourth-order valence-electron chi connectivity index (χ4n) is 3.73. The minimum absolute atomic E-state index is 0.0933. The molecule has 2 aromatic rings. The van der Waals surface area contributed by atoms with E-state index in [4.69, 9.17) is 15.9 Å². The number of carbonyl (C=O) groups is 4. The molecule has 0 aromatic heterocycles. The second-order valence-corrected chi connectivity index (χ2v) is 7.98. The Bertz CT molecular complexity index is 1100. The Morgan fingerprint density at radius 3 is 2.38 bits per heavy atom. The van der Waals surface area contributed by atoms with Crippen molar-refractivity contribution in [2.24, 2.45) is 5.73 Å². The number of ether oxygens (including phenoxy) is 1. The molecule has 0 radical (unpaired) electrons. The van der Waals surface area contributed by atoms with Gasteiger partial charge in [0, 0.05) is 5.56 Å². The Morgan fingerprint density at radius 1 is 1.15 bits per heavy atom.